The third-order valence-corrected chi connectivity index (χ3v) is 4.89. The van der Waals surface area contributed by atoms with Crippen LogP contribution in [0.3, 0.4) is 0 Å². The second-order valence-corrected chi connectivity index (χ2v) is 7.07. The first kappa shape index (κ1) is 18.4. The Balaban J connectivity index is 1.51. The summed E-state index contributed by atoms with van der Waals surface area (Å²) in [6, 6.07) is 11.3. The first-order chi connectivity index (χ1) is 12.4. The smallest absolute Gasteiger partial charge is 0.238 e. The largest absolute Gasteiger partial charge is 0.369 e. The summed E-state index contributed by atoms with van der Waals surface area (Å²) in [5.41, 5.74) is 4.92. The maximum Gasteiger partial charge on any atom is 0.238 e. The Morgan fingerprint density at radius 1 is 1.00 bits per heavy atom. The highest BCUT2D eigenvalue weighted by Gasteiger charge is 2.20. The van der Waals surface area contributed by atoms with Crippen molar-refractivity contribution in [2.75, 3.05) is 42.9 Å². The maximum absolute atomic E-state index is 13.6. The Kier molecular flexibility index (Phi) is 5.57. The summed E-state index contributed by atoms with van der Waals surface area (Å²) in [6.07, 6.45) is 0. The van der Waals surface area contributed by atoms with E-state index in [0.717, 1.165) is 26.2 Å². The average molecular weight is 355 g/mol. The van der Waals surface area contributed by atoms with Crippen LogP contribution in [-0.2, 0) is 4.79 Å². The van der Waals surface area contributed by atoms with E-state index < -0.39 is 0 Å². The molecule has 1 aliphatic heterocycles. The zero-order chi connectivity index (χ0) is 18.7. The number of amides is 1. The number of nitrogens with zero attached hydrogens (tertiary/aromatic N) is 2. The summed E-state index contributed by atoms with van der Waals surface area (Å²) in [4.78, 5) is 16.7. The van der Waals surface area contributed by atoms with Crippen LogP contribution < -0.4 is 10.2 Å². The van der Waals surface area contributed by atoms with E-state index in [9.17, 15) is 9.18 Å². The van der Waals surface area contributed by atoms with E-state index in [0.29, 0.717) is 17.8 Å². The molecule has 0 aliphatic carbocycles. The van der Waals surface area contributed by atoms with Gasteiger partial charge < -0.3 is 10.2 Å². The van der Waals surface area contributed by atoms with Crippen molar-refractivity contribution < 1.29 is 9.18 Å². The van der Waals surface area contributed by atoms with Crippen LogP contribution in [0.1, 0.15) is 16.7 Å². The lowest BCUT2D eigenvalue weighted by Crippen LogP contribution is -2.48. The third-order valence-electron chi connectivity index (χ3n) is 4.89. The topological polar surface area (TPSA) is 35.6 Å². The monoisotopic (exact) mass is 355 g/mol. The summed E-state index contributed by atoms with van der Waals surface area (Å²) >= 11 is 0. The molecule has 0 radical (unpaired) electrons. The van der Waals surface area contributed by atoms with E-state index in [1.807, 2.05) is 0 Å². The van der Waals surface area contributed by atoms with Gasteiger partial charge in [0.25, 0.3) is 0 Å². The minimum Gasteiger partial charge on any atom is -0.369 e. The summed E-state index contributed by atoms with van der Waals surface area (Å²) in [6.45, 7) is 9.75. The maximum atomic E-state index is 13.6. The molecule has 138 valence electrons. The van der Waals surface area contributed by atoms with Crippen LogP contribution in [-0.4, -0.2) is 43.5 Å². The minimum absolute atomic E-state index is 0.104. The highest BCUT2D eigenvalue weighted by molar-refractivity contribution is 5.92. The number of nitrogens with one attached hydrogen (secondary N) is 1. The Bertz CT molecular complexity index is 798. The number of rotatable bonds is 4. The molecule has 0 saturated carbocycles. The van der Waals surface area contributed by atoms with Gasteiger partial charge >= 0.3 is 0 Å². The fourth-order valence-corrected chi connectivity index (χ4v) is 3.38. The van der Waals surface area contributed by atoms with Crippen molar-refractivity contribution in [3.63, 3.8) is 0 Å². The molecule has 2 aromatic carbocycles. The average Bonchev–Trinajstić information content (AvgIpc) is 2.59. The van der Waals surface area contributed by atoms with Gasteiger partial charge in [-0.05, 0) is 50.1 Å². The molecule has 5 heteroatoms. The number of piperazine rings is 1. The lowest BCUT2D eigenvalue weighted by Gasteiger charge is -2.36. The van der Waals surface area contributed by atoms with Gasteiger partial charge in [0.2, 0.25) is 5.91 Å². The molecule has 1 N–H and O–H groups in total. The van der Waals surface area contributed by atoms with Crippen LogP contribution in [0.15, 0.2) is 36.4 Å². The van der Waals surface area contributed by atoms with Crippen molar-refractivity contribution in [1.29, 1.82) is 0 Å². The number of carbonyl (C=O) groups is 1. The van der Waals surface area contributed by atoms with E-state index in [-0.39, 0.29) is 11.7 Å². The van der Waals surface area contributed by atoms with Crippen LogP contribution in [0, 0.1) is 26.6 Å². The van der Waals surface area contributed by atoms with Gasteiger partial charge in [-0.3, -0.25) is 9.69 Å². The van der Waals surface area contributed by atoms with Crippen molar-refractivity contribution >= 4 is 17.3 Å². The molecular weight excluding hydrogens is 329 g/mol. The lowest BCUT2D eigenvalue weighted by molar-refractivity contribution is -0.117. The molecule has 0 spiro atoms. The van der Waals surface area contributed by atoms with E-state index in [2.05, 4.69) is 47.2 Å². The molecule has 3 rings (SSSR count). The zero-order valence-electron chi connectivity index (χ0n) is 15.7. The van der Waals surface area contributed by atoms with Crippen LogP contribution >= 0.6 is 0 Å². The van der Waals surface area contributed by atoms with Crippen LogP contribution in [0.2, 0.25) is 0 Å². The Labute approximate surface area is 154 Å². The molecule has 0 aromatic heterocycles. The molecule has 1 saturated heterocycles. The lowest BCUT2D eigenvalue weighted by atomic mass is 10.1. The molecule has 1 amide bonds. The van der Waals surface area contributed by atoms with Gasteiger partial charge in [-0.2, -0.15) is 0 Å². The number of carbonyl (C=O) groups excluding carboxylic acids is 1. The molecule has 1 heterocycles. The van der Waals surface area contributed by atoms with E-state index in [1.165, 1.54) is 22.9 Å². The van der Waals surface area contributed by atoms with Gasteiger partial charge in [0.1, 0.15) is 5.82 Å². The number of halogens is 1. The number of hydrogen-bond donors (Lipinski definition) is 1. The van der Waals surface area contributed by atoms with Gasteiger partial charge in [0, 0.05) is 37.6 Å². The van der Waals surface area contributed by atoms with Crippen molar-refractivity contribution in [1.82, 2.24) is 4.90 Å². The minimum atomic E-state index is -0.301. The van der Waals surface area contributed by atoms with Crippen molar-refractivity contribution in [3.8, 4) is 0 Å². The molecule has 4 nitrogen and oxygen atoms in total. The van der Waals surface area contributed by atoms with E-state index in [1.54, 1.807) is 19.1 Å². The zero-order valence-corrected chi connectivity index (χ0v) is 15.7. The number of hydrogen-bond acceptors (Lipinski definition) is 3. The van der Waals surface area contributed by atoms with Gasteiger partial charge in [-0.25, -0.2) is 4.39 Å². The Hall–Kier alpha value is -2.40. The van der Waals surface area contributed by atoms with Gasteiger partial charge in [0.05, 0.1) is 6.54 Å². The first-order valence-corrected chi connectivity index (χ1v) is 9.03. The summed E-state index contributed by atoms with van der Waals surface area (Å²) in [5.74, 6) is -0.405. The van der Waals surface area contributed by atoms with Crippen molar-refractivity contribution in [2.45, 2.75) is 20.8 Å². The van der Waals surface area contributed by atoms with Crippen LogP contribution in [0.5, 0.6) is 0 Å². The van der Waals surface area contributed by atoms with Gasteiger partial charge in [0.15, 0.2) is 0 Å². The Morgan fingerprint density at radius 3 is 2.38 bits per heavy atom. The third kappa shape index (κ3) is 4.41. The number of anilines is 2. The molecule has 0 bridgehead atoms. The summed E-state index contributed by atoms with van der Waals surface area (Å²) in [5, 5.41) is 2.78. The van der Waals surface area contributed by atoms with Gasteiger partial charge in [-0.1, -0.05) is 23.8 Å². The summed E-state index contributed by atoms with van der Waals surface area (Å²) < 4.78 is 13.6. The van der Waals surface area contributed by atoms with Crippen LogP contribution in [0.4, 0.5) is 15.8 Å². The van der Waals surface area contributed by atoms with Crippen LogP contribution in [0.25, 0.3) is 0 Å². The number of aryl methyl sites for hydroxylation is 3. The molecule has 1 fully saturated rings. The fraction of sp³-hybridized carbons (Fsp3) is 0.381. The highest BCUT2D eigenvalue weighted by Crippen LogP contribution is 2.22. The number of benzene rings is 2. The molecule has 2 aromatic rings. The molecular formula is C21H26FN3O. The molecule has 1 aliphatic rings. The fourth-order valence-electron chi connectivity index (χ4n) is 3.38. The highest BCUT2D eigenvalue weighted by atomic mass is 19.1. The molecule has 0 unspecified atom stereocenters. The van der Waals surface area contributed by atoms with Crippen molar-refractivity contribution in [3.05, 3.63) is 58.9 Å². The predicted molar refractivity (Wildman–Crippen MR) is 104 cm³/mol. The van der Waals surface area contributed by atoms with Crippen molar-refractivity contribution in [2.24, 2.45) is 0 Å². The SMILES string of the molecule is Cc1ccc(N2CCN(CC(=O)Nc3ccc(C)c(F)c3)CC2)c(C)c1. The van der Waals surface area contributed by atoms with Gasteiger partial charge in [-0.15, -0.1) is 0 Å². The quantitative estimate of drug-likeness (QED) is 0.912. The molecule has 26 heavy (non-hydrogen) atoms. The standard InChI is InChI=1S/C21H26FN3O/c1-15-4-7-20(17(3)12-15)25-10-8-24(9-11-25)14-21(26)23-18-6-5-16(2)19(22)13-18/h4-7,12-13H,8-11,14H2,1-3H3,(H,23,26). The first-order valence-electron chi connectivity index (χ1n) is 9.03. The molecule has 0 atom stereocenters. The van der Waals surface area contributed by atoms with E-state index >= 15 is 0 Å². The second-order valence-electron chi connectivity index (χ2n) is 7.07. The van der Waals surface area contributed by atoms with E-state index in [4.69, 9.17) is 0 Å². The normalized spacial score (nSPS) is 15.2. The summed E-state index contributed by atoms with van der Waals surface area (Å²) in [7, 11) is 0. The predicted octanol–water partition coefficient (Wildman–Crippen LogP) is 3.51. The second kappa shape index (κ2) is 7.87. The Morgan fingerprint density at radius 2 is 1.73 bits per heavy atom.